The van der Waals surface area contributed by atoms with Crippen LogP contribution in [-0.4, -0.2) is 38.7 Å². The fourth-order valence-corrected chi connectivity index (χ4v) is 3.01. The van der Waals surface area contributed by atoms with Crippen LogP contribution in [0.5, 0.6) is 0 Å². The fraction of sp³-hybridized carbons (Fsp3) is 0.438. The van der Waals surface area contributed by atoms with Crippen LogP contribution in [0, 0.1) is 0 Å². The van der Waals surface area contributed by atoms with E-state index in [2.05, 4.69) is 22.0 Å². The molecule has 1 aromatic heterocycles. The Morgan fingerprint density at radius 3 is 2.73 bits per heavy atom. The maximum atomic E-state index is 11.6. The number of carboxylic acid groups (broad SMARTS) is 1. The molecule has 0 amide bonds. The van der Waals surface area contributed by atoms with E-state index in [4.69, 9.17) is 0 Å². The molecule has 1 unspecified atom stereocenters. The minimum absolute atomic E-state index is 0.0317. The number of aromatic carboxylic acids is 1. The summed E-state index contributed by atoms with van der Waals surface area (Å²) in [7, 11) is 0. The second kappa shape index (κ2) is 6.17. The minimum Gasteiger partial charge on any atom is -0.476 e. The molecular formula is C16H20N4O2. The van der Waals surface area contributed by atoms with Crippen LogP contribution in [0.2, 0.25) is 0 Å². The Morgan fingerprint density at radius 1 is 1.27 bits per heavy atom. The lowest BCUT2D eigenvalue weighted by molar-refractivity contribution is 0.0690. The van der Waals surface area contributed by atoms with E-state index < -0.39 is 5.97 Å². The van der Waals surface area contributed by atoms with Gasteiger partial charge in [0.15, 0.2) is 5.82 Å². The third-order valence-electron chi connectivity index (χ3n) is 4.16. The highest BCUT2D eigenvalue weighted by molar-refractivity contribution is 5.91. The van der Waals surface area contributed by atoms with E-state index in [9.17, 15) is 9.90 Å². The molecule has 1 atom stereocenters. The molecule has 6 nitrogen and oxygen atoms in total. The van der Waals surface area contributed by atoms with Gasteiger partial charge in [0.1, 0.15) is 0 Å². The van der Waals surface area contributed by atoms with Gasteiger partial charge in [0.05, 0.1) is 5.69 Å². The third kappa shape index (κ3) is 2.68. The largest absolute Gasteiger partial charge is 0.476 e. The Kier molecular flexibility index (Phi) is 4.09. The van der Waals surface area contributed by atoms with E-state index in [0.29, 0.717) is 11.9 Å². The van der Waals surface area contributed by atoms with Gasteiger partial charge in [0, 0.05) is 12.6 Å². The molecule has 1 fully saturated rings. The molecule has 0 saturated carbocycles. The Labute approximate surface area is 129 Å². The number of carbonyl (C=O) groups is 1. The molecule has 2 heterocycles. The first-order valence-corrected chi connectivity index (χ1v) is 7.73. The SMILES string of the molecule is CCC1CCCCN1c1nn(-c2ccccc2)nc1C(=O)O. The van der Waals surface area contributed by atoms with E-state index in [-0.39, 0.29) is 5.69 Å². The highest BCUT2D eigenvalue weighted by atomic mass is 16.4. The summed E-state index contributed by atoms with van der Waals surface area (Å²) in [5.41, 5.74) is 0.797. The van der Waals surface area contributed by atoms with Crippen molar-refractivity contribution in [2.24, 2.45) is 0 Å². The predicted molar refractivity (Wildman–Crippen MR) is 83.6 cm³/mol. The van der Waals surface area contributed by atoms with Crippen molar-refractivity contribution in [2.75, 3.05) is 11.4 Å². The maximum absolute atomic E-state index is 11.6. The zero-order valence-corrected chi connectivity index (χ0v) is 12.6. The van der Waals surface area contributed by atoms with Crippen LogP contribution in [0.25, 0.3) is 5.69 Å². The van der Waals surface area contributed by atoms with Crippen molar-refractivity contribution in [3.63, 3.8) is 0 Å². The van der Waals surface area contributed by atoms with Gasteiger partial charge in [-0.25, -0.2) is 4.79 Å². The van der Waals surface area contributed by atoms with Gasteiger partial charge in [-0.2, -0.15) is 0 Å². The van der Waals surface area contributed by atoms with Crippen molar-refractivity contribution in [3.05, 3.63) is 36.0 Å². The van der Waals surface area contributed by atoms with Crippen molar-refractivity contribution >= 4 is 11.8 Å². The van der Waals surface area contributed by atoms with Gasteiger partial charge in [-0.1, -0.05) is 25.1 Å². The predicted octanol–water partition coefficient (Wildman–Crippen LogP) is 2.73. The third-order valence-corrected chi connectivity index (χ3v) is 4.16. The molecule has 1 aliphatic heterocycles. The molecule has 0 radical (unpaired) electrons. The topological polar surface area (TPSA) is 71.2 Å². The number of para-hydroxylation sites is 1. The van der Waals surface area contributed by atoms with Crippen LogP contribution < -0.4 is 4.90 Å². The van der Waals surface area contributed by atoms with E-state index in [0.717, 1.165) is 31.5 Å². The van der Waals surface area contributed by atoms with Crippen LogP contribution in [0.15, 0.2) is 30.3 Å². The van der Waals surface area contributed by atoms with Crippen molar-refractivity contribution < 1.29 is 9.90 Å². The zero-order chi connectivity index (χ0) is 15.5. The van der Waals surface area contributed by atoms with Gasteiger partial charge in [-0.3, -0.25) is 0 Å². The Morgan fingerprint density at radius 2 is 2.05 bits per heavy atom. The normalized spacial score (nSPS) is 18.4. The number of benzene rings is 1. The summed E-state index contributed by atoms with van der Waals surface area (Å²) in [6, 6.07) is 9.74. The first kappa shape index (κ1) is 14.6. The van der Waals surface area contributed by atoms with Crippen LogP contribution in [0.4, 0.5) is 5.82 Å². The van der Waals surface area contributed by atoms with Crippen LogP contribution in [0.3, 0.4) is 0 Å². The number of anilines is 1. The molecule has 1 aromatic carbocycles. The number of carboxylic acids is 1. The molecule has 2 aromatic rings. The summed E-state index contributed by atoms with van der Waals surface area (Å²) in [5.74, 6) is -0.541. The summed E-state index contributed by atoms with van der Waals surface area (Å²) in [5, 5.41) is 18.1. The Balaban J connectivity index is 2.02. The summed E-state index contributed by atoms with van der Waals surface area (Å²) < 4.78 is 0. The lowest BCUT2D eigenvalue weighted by Gasteiger charge is -2.35. The average Bonchev–Trinajstić information content (AvgIpc) is 3.01. The number of piperidine rings is 1. The molecule has 0 bridgehead atoms. The zero-order valence-electron chi connectivity index (χ0n) is 12.6. The monoisotopic (exact) mass is 300 g/mol. The number of hydrogen-bond donors (Lipinski definition) is 1. The number of aromatic nitrogens is 3. The van der Waals surface area contributed by atoms with Crippen LogP contribution >= 0.6 is 0 Å². The Bertz CT molecular complexity index is 653. The quantitative estimate of drug-likeness (QED) is 0.940. The molecule has 116 valence electrons. The number of hydrogen-bond acceptors (Lipinski definition) is 4. The van der Waals surface area contributed by atoms with Crippen molar-refractivity contribution in [1.82, 2.24) is 15.0 Å². The smallest absolute Gasteiger partial charge is 0.360 e. The lowest BCUT2D eigenvalue weighted by atomic mass is 10.00. The van der Waals surface area contributed by atoms with Crippen LogP contribution in [-0.2, 0) is 0 Å². The van der Waals surface area contributed by atoms with Gasteiger partial charge in [-0.15, -0.1) is 15.0 Å². The highest BCUT2D eigenvalue weighted by Crippen LogP contribution is 2.27. The maximum Gasteiger partial charge on any atom is 0.360 e. The summed E-state index contributed by atoms with van der Waals surface area (Å²) in [4.78, 5) is 15.1. The van der Waals surface area contributed by atoms with Gasteiger partial charge in [0.2, 0.25) is 5.69 Å². The molecule has 3 rings (SSSR count). The van der Waals surface area contributed by atoms with Crippen LogP contribution in [0.1, 0.15) is 43.1 Å². The van der Waals surface area contributed by atoms with E-state index >= 15 is 0 Å². The molecule has 1 saturated heterocycles. The standard InChI is InChI=1S/C16H20N4O2/c1-2-12-8-6-7-11-19(12)15-14(16(21)22)17-20(18-15)13-9-4-3-5-10-13/h3-5,9-10,12H,2,6-8,11H2,1H3,(H,21,22). The molecule has 6 heteroatoms. The molecule has 0 aliphatic carbocycles. The number of rotatable bonds is 4. The molecule has 22 heavy (non-hydrogen) atoms. The summed E-state index contributed by atoms with van der Waals surface area (Å²) in [6.07, 6.45) is 4.31. The highest BCUT2D eigenvalue weighted by Gasteiger charge is 2.29. The molecule has 0 spiro atoms. The van der Waals surface area contributed by atoms with Crippen molar-refractivity contribution in [3.8, 4) is 5.69 Å². The second-order valence-corrected chi connectivity index (χ2v) is 5.55. The average molecular weight is 300 g/mol. The van der Waals surface area contributed by atoms with E-state index in [1.807, 2.05) is 30.3 Å². The lowest BCUT2D eigenvalue weighted by Crippen LogP contribution is -2.40. The summed E-state index contributed by atoms with van der Waals surface area (Å²) in [6.45, 7) is 2.97. The van der Waals surface area contributed by atoms with Gasteiger partial charge in [-0.05, 0) is 37.8 Å². The molecule has 1 N–H and O–H groups in total. The van der Waals surface area contributed by atoms with Gasteiger partial charge in [0.25, 0.3) is 0 Å². The fourth-order valence-electron chi connectivity index (χ4n) is 3.01. The Hall–Kier alpha value is -2.37. The summed E-state index contributed by atoms with van der Waals surface area (Å²) >= 11 is 0. The first-order chi connectivity index (χ1) is 10.7. The van der Waals surface area contributed by atoms with Crippen molar-refractivity contribution in [1.29, 1.82) is 0 Å². The van der Waals surface area contributed by atoms with Crippen molar-refractivity contribution in [2.45, 2.75) is 38.6 Å². The van der Waals surface area contributed by atoms with Gasteiger partial charge >= 0.3 is 5.97 Å². The molecule has 1 aliphatic rings. The number of nitrogens with zero attached hydrogens (tertiary/aromatic N) is 4. The molecular weight excluding hydrogens is 280 g/mol. The minimum atomic E-state index is -1.03. The van der Waals surface area contributed by atoms with E-state index in [1.54, 1.807) is 0 Å². The van der Waals surface area contributed by atoms with E-state index in [1.165, 1.54) is 11.2 Å². The first-order valence-electron chi connectivity index (χ1n) is 7.73. The second-order valence-electron chi connectivity index (χ2n) is 5.55. The van der Waals surface area contributed by atoms with Gasteiger partial charge < -0.3 is 10.0 Å².